The van der Waals surface area contributed by atoms with Crippen LogP contribution in [-0.4, -0.2) is 11.4 Å². The van der Waals surface area contributed by atoms with Gasteiger partial charge < -0.3 is 5.32 Å². The monoisotopic (exact) mass is 308 g/mol. The van der Waals surface area contributed by atoms with Crippen molar-refractivity contribution in [2.45, 2.75) is 38.6 Å². The van der Waals surface area contributed by atoms with Gasteiger partial charge in [-0.1, -0.05) is 41.9 Å². The largest absolute Gasteiger partial charge is 0.338 e. The molecule has 0 aliphatic carbocycles. The van der Waals surface area contributed by atoms with Crippen LogP contribution >= 0.6 is 15.9 Å². The van der Waals surface area contributed by atoms with Gasteiger partial charge in [0.05, 0.1) is 12.5 Å². The summed E-state index contributed by atoms with van der Waals surface area (Å²) in [7, 11) is 0. The maximum Gasteiger partial charge on any atom is 0.225 e. The smallest absolute Gasteiger partial charge is 0.225 e. The highest BCUT2D eigenvalue weighted by Crippen LogP contribution is 2.15. The number of amides is 1. The van der Waals surface area contributed by atoms with Crippen LogP contribution in [-0.2, 0) is 11.2 Å². The lowest BCUT2D eigenvalue weighted by Gasteiger charge is -2.24. The van der Waals surface area contributed by atoms with Crippen molar-refractivity contribution in [2.24, 2.45) is 0 Å². The van der Waals surface area contributed by atoms with E-state index >= 15 is 0 Å². The number of hydrogen-bond acceptors (Lipinski definition) is 2. The molecule has 0 spiro atoms. The van der Waals surface area contributed by atoms with E-state index in [9.17, 15) is 4.79 Å². The number of carbonyl (C=O) groups is 1. The van der Waals surface area contributed by atoms with Crippen LogP contribution in [0.4, 0.5) is 0 Å². The summed E-state index contributed by atoms with van der Waals surface area (Å²) in [4.78, 5) is 11.9. The zero-order chi connectivity index (χ0) is 13.6. The molecular weight excluding hydrogens is 292 g/mol. The Hall–Kier alpha value is -1.34. The molecule has 18 heavy (non-hydrogen) atoms. The summed E-state index contributed by atoms with van der Waals surface area (Å²) in [6, 6.07) is 9.82. The van der Waals surface area contributed by atoms with Crippen molar-refractivity contribution in [1.29, 1.82) is 5.26 Å². The van der Waals surface area contributed by atoms with Crippen LogP contribution in [0, 0.1) is 11.3 Å². The summed E-state index contributed by atoms with van der Waals surface area (Å²) in [5, 5.41) is 12.0. The Morgan fingerprint density at radius 3 is 2.61 bits per heavy atom. The minimum atomic E-state index is -0.733. The standard InChI is InChI=1S/C14H17BrN2O/c1-3-14(4-2,10-16)17-13(18)9-11-6-5-7-12(15)8-11/h5-8H,3-4,9H2,1-2H3,(H,17,18). The normalized spacial score (nSPS) is 10.8. The first kappa shape index (κ1) is 14.7. The Morgan fingerprint density at radius 2 is 2.11 bits per heavy atom. The molecule has 0 heterocycles. The molecule has 96 valence electrons. The molecule has 0 aliphatic rings. The van der Waals surface area contributed by atoms with Crippen molar-refractivity contribution in [3.05, 3.63) is 34.3 Å². The molecule has 1 rings (SSSR count). The second-order valence-corrected chi connectivity index (χ2v) is 5.17. The fourth-order valence-electron chi connectivity index (χ4n) is 1.76. The molecule has 0 atom stereocenters. The highest BCUT2D eigenvalue weighted by molar-refractivity contribution is 9.10. The molecule has 0 aliphatic heterocycles. The van der Waals surface area contributed by atoms with E-state index in [0.29, 0.717) is 19.3 Å². The van der Waals surface area contributed by atoms with E-state index in [1.54, 1.807) is 0 Å². The number of benzene rings is 1. The van der Waals surface area contributed by atoms with Crippen LogP contribution < -0.4 is 5.32 Å². The van der Waals surface area contributed by atoms with Crippen molar-refractivity contribution in [3.8, 4) is 6.07 Å². The van der Waals surface area contributed by atoms with Crippen molar-refractivity contribution >= 4 is 21.8 Å². The molecule has 0 unspecified atom stereocenters. The van der Waals surface area contributed by atoms with E-state index < -0.39 is 5.54 Å². The Labute approximate surface area is 116 Å². The molecule has 0 fully saturated rings. The molecule has 1 N–H and O–H groups in total. The number of nitrogens with one attached hydrogen (secondary N) is 1. The van der Waals surface area contributed by atoms with Gasteiger partial charge in [-0.15, -0.1) is 0 Å². The minimum absolute atomic E-state index is 0.113. The number of nitriles is 1. The van der Waals surface area contributed by atoms with Gasteiger partial charge in [0.25, 0.3) is 0 Å². The van der Waals surface area contributed by atoms with Gasteiger partial charge in [0.1, 0.15) is 5.54 Å². The van der Waals surface area contributed by atoms with Crippen LogP contribution in [0.15, 0.2) is 28.7 Å². The minimum Gasteiger partial charge on any atom is -0.338 e. The first-order valence-electron chi connectivity index (χ1n) is 6.02. The van der Waals surface area contributed by atoms with Gasteiger partial charge in [-0.3, -0.25) is 4.79 Å². The molecule has 1 aromatic carbocycles. The first-order valence-corrected chi connectivity index (χ1v) is 6.81. The van der Waals surface area contributed by atoms with Gasteiger partial charge in [-0.25, -0.2) is 0 Å². The van der Waals surface area contributed by atoms with Crippen molar-refractivity contribution in [3.63, 3.8) is 0 Å². The quantitative estimate of drug-likeness (QED) is 0.908. The molecule has 0 saturated heterocycles. The van der Waals surface area contributed by atoms with Crippen LogP contribution in [0.3, 0.4) is 0 Å². The molecule has 3 nitrogen and oxygen atoms in total. The summed E-state index contributed by atoms with van der Waals surface area (Å²) in [6.45, 7) is 3.82. The number of halogens is 1. The van der Waals surface area contributed by atoms with E-state index in [0.717, 1.165) is 10.0 Å². The summed E-state index contributed by atoms with van der Waals surface area (Å²) in [5.41, 5.74) is 0.198. The van der Waals surface area contributed by atoms with Crippen molar-refractivity contribution in [2.75, 3.05) is 0 Å². The molecule has 4 heteroatoms. The summed E-state index contributed by atoms with van der Waals surface area (Å²) >= 11 is 3.37. The average molecular weight is 309 g/mol. The predicted octanol–water partition coefficient (Wildman–Crippen LogP) is 3.19. The van der Waals surface area contributed by atoms with Gasteiger partial charge in [-0.05, 0) is 30.5 Å². The summed E-state index contributed by atoms with van der Waals surface area (Å²) in [6.07, 6.45) is 1.53. The van der Waals surface area contributed by atoms with Gasteiger partial charge in [-0.2, -0.15) is 5.26 Å². The van der Waals surface area contributed by atoms with Crippen LogP contribution in [0.25, 0.3) is 0 Å². The molecule has 0 bridgehead atoms. The maximum absolute atomic E-state index is 11.9. The number of carbonyl (C=O) groups excluding carboxylic acids is 1. The number of nitrogens with zero attached hydrogens (tertiary/aromatic N) is 1. The second-order valence-electron chi connectivity index (χ2n) is 4.26. The van der Waals surface area contributed by atoms with Crippen molar-refractivity contribution in [1.82, 2.24) is 5.32 Å². The Kier molecular flexibility index (Phi) is 5.36. The number of hydrogen-bond donors (Lipinski definition) is 1. The lowest BCUT2D eigenvalue weighted by molar-refractivity contribution is -0.121. The zero-order valence-corrected chi connectivity index (χ0v) is 12.3. The zero-order valence-electron chi connectivity index (χ0n) is 10.7. The maximum atomic E-state index is 11.9. The van der Waals surface area contributed by atoms with E-state index in [2.05, 4.69) is 27.3 Å². The third-order valence-electron chi connectivity index (χ3n) is 3.05. The molecule has 0 aromatic heterocycles. The Morgan fingerprint density at radius 1 is 1.44 bits per heavy atom. The fraction of sp³-hybridized carbons (Fsp3) is 0.429. The summed E-state index contributed by atoms with van der Waals surface area (Å²) < 4.78 is 0.949. The van der Waals surface area contributed by atoms with E-state index in [4.69, 9.17) is 5.26 Å². The Bertz CT molecular complexity index is 461. The highest BCUT2D eigenvalue weighted by Gasteiger charge is 2.27. The van der Waals surface area contributed by atoms with Gasteiger partial charge in [0, 0.05) is 4.47 Å². The van der Waals surface area contributed by atoms with E-state index in [-0.39, 0.29) is 5.91 Å². The second kappa shape index (κ2) is 6.55. The lowest BCUT2D eigenvalue weighted by atomic mass is 9.94. The van der Waals surface area contributed by atoms with Crippen LogP contribution in [0.5, 0.6) is 0 Å². The van der Waals surface area contributed by atoms with Gasteiger partial charge in [0.2, 0.25) is 5.91 Å². The molecule has 1 amide bonds. The van der Waals surface area contributed by atoms with E-state index in [1.807, 2.05) is 38.1 Å². The average Bonchev–Trinajstić information content (AvgIpc) is 2.36. The summed E-state index contributed by atoms with van der Waals surface area (Å²) in [5.74, 6) is -0.113. The van der Waals surface area contributed by atoms with Crippen LogP contribution in [0.2, 0.25) is 0 Å². The highest BCUT2D eigenvalue weighted by atomic mass is 79.9. The number of rotatable bonds is 5. The van der Waals surface area contributed by atoms with E-state index in [1.165, 1.54) is 0 Å². The molecular formula is C14H17BrN2O. The third kappa shape index (κ3) is 3.85. The third-order valence-corrected chi connectivity index (χ3v) is 3.55. The Balaban J connectivity index is 2.70. The fourth-order valence-corrected chi connectivity index (χ4v) is 2.20. The van der Waals surface area contributed by atoms with Crippen molar-refractivity contribution < 1.29 is 4.79 Å². The SMILES string of the molecule is CCC(C#N)(CC)NC(=O)Cc1cccc(Br)c1. The van der Waals surface area contributed by atoms with Crippen LogP contribution in [0.1, 0.15) is 32.3 Å². The predicted molar refractivity (Wildman–Crippen MR) is 74.9 cm³/mol. The molecule has 0 saturated carbocycles. The molecule has 1 aromatic rings. The van der Waals surface area contributed by atoms with Gasteiger partial charge in [0.15, 0.2) is 0 Å². The topological polar surface area (TPSA) is 52.9 Å². The first-order chi connectivity index (χ1) is 8.55. The lowest BCUT2D eigenvalue weighted by Crippen LogP contribution is -2.47. The molecule has 0 radical (unpaired) electrons. The van der Waals surface area contributed by atoms with Gasteiger partial charge >= 0.3 is 0 Å².